The molecule has 0 atom stereocenters. The van der Waals surface area contributed by atoms with Crippen LogP contribution in [0.5, 0.6) is 0 Å². The fourth-order valence-corrected chi connectivity index (χ4v) is 6.75. The van der Waals surface area contributed by atoms with Crippen molar-refractivity contribution in [1.29, 1.82) is 0 Å². The van der Waals surface area contributed by atoms with E-state index in [1.165, 1.54) is 12.2 Å². The third-order valence-electron chi connectivity index (χ3n) is 9.49. The first-order valence-corrected chi connectivity index (χ1v) is 18.3. The molecule has 0 radical (unpaired) electrons. The molecule has 0 aromatic heterocycles. The summed E-state index contributed by atoms with van der Waals surface area (Å²) < 4.78 is 12.4. The number of esters is 1. The average molecular weight is 756 g/mol. The molecule has 3 aliphatic rings. The largest absolute Gasteiger partial charge is 1.00 e. The average Bonchev–Trinajstić information content (AvgIpc) is 3.09. The zero-order valence-electron chi connectivity index (χ0n) is 30.7. The summed E-state index contributed by atoms with van der Waals surface area (Å²) in [6.45, 7) is 12.0. The highest BCUT2D eigenvalue weighted by atomic mass is 79.9. The van der Waals surface area contributed by atoms with Crippen LogP contribution in [0, 0.1) is 13.8 Å². The number of anilines is 1. The maximum absolute atomic E-state index is 13.6. The molecule has 5 rings (SSSR count). The first kappa shape index (κ1) is 39.5. The van der Waals surface area contributed by atoms with Crippen molar-refractivity contribution in [3.63, 3.8) is 0 Å². The number of fused-ring (bicyclic) bond motifs is 2. The van der Waals surface area contributed by atoms with Gasteiger partial charge in [0.1, 0.15) is 17.9 Å². The Hall–Kier alpha value is -4.30. The topological polar surface area (TPSA) is 99.6 Å². The molecular weight excluding hydrogens is 704 g/mol. The lowest BCUT2D eigenvalue weighted by molar-refractivity contribution is -0.496. The Morgan fingerprint density at radius 3 is 2.24 bits per heavy atom. The van der Waals surface area contributed by atoms with Crippen LogP contribution in [0.2, 0.25) is 0 Å². The summed E-state index contributed by atoms with van der Waals surface area (Å²) in [7, 11) is 0. The fourth-order valence-electron chi connectivity index (χ4n) is 6.75. The van der Waals surface area contributed by atoms with Gasteiger partial charge in [0.25, 0.3) is 0 Å². The van der Waals surface area contributed by atoms with Crippen molar-refractivity contribution in [2.75, 3.05) is 25.0 Å². The maximum atomic E-state index is 13.6. The van der Waals surface area contributed by atoms with Gasteiger partial charge in [-0.1, -0.05) is 56.7 Å². The van der Waals surface area contributed by atoms with E-state index in [1.54, 1.807) is 6.92 Å². The van der Waals surface area contributed by atoms with Gasteiger partial charge in [0.15, 0.2) is 11.6 Å². The van der Waals surface area contributed by atoms with Crippen LogP contribution in [0.25, 0.3) is 33.4 Å². The molecule has 2 N–H and O–H groups in total. The van der Waals surface area contributed by atoms with Crippen LogP contribution in [0.3, 0.4) is 0 Å². The number of allylic oxidation sites excluding steroid dienone is 4. The van der Waals surface area contributed by atoms with Gasteiger partial charge >= 0.3 is 5.97 Å². The van der Waals surface area contributed by atoms with Crippen LogP contribution in [0.1, 0.15) is 100 Å². The SMILES string of the molecule is CCNc1cc2oc3cc(=[NH+]CC)c(C)cc-3c(-c3ccccc3C(=O)OCCCCCCCCCCC3=CC(=O)C(C)=CC3=O)c2cc1C.[Br-]. The molecular formula is C43H51BrN2O5. The first-order valence-electron chi connectivity index (χ1n) is 18.3. The van der Waals surface area contributed by atoms with Crippen LogP contribution in [0.15, 0.2) is 76.2 Å². The first-order chi connectivity index (χ1) is 24.2. The molecule has 0 spiro atoms. The van der Waals surface area contributed by atoms with E-state index in [0.717, 1.165) is 120 Å². The number of ketones is 2. The van der Waals surface area contributed by atoms with Crippen molar-refractivity contribution in [2.45, 2.75) is 92.4 Å². The van der Waals surface area contributed by atoms with Gasteiger partial charge in [-0.15, -0.1) is 0 Å². The molecule has 0 fully saturated rings. The summed E-state index contributed by atoms with van der Waals surface area (Å²) in [5.41, 5.74) is 8.45. The van der Waals surface area contributed by atoms with Crippen molar-refractivity contribution in [3.8, 4) is 22.5 Å². The molecule has 8 heteroatoms. The fraction of sp³-hybridized carbons (Fsp3) is 0.395. The number of nitrogens with one attached hydrogen (secondary N) is 2. The minimum Gasteiger partial charge on any atom is -1.00 e. The summed E-state index contributed by atoms with van der Waals surface area (Å²) in [6, 6.07) is 16.1. The van der Waals surface area contributed by atoms with Crippen molar-refractivity contribution >= 4 is 34.2 Å². The number of carbonyl (C=O) groups is 3. The van der Waals surface area contributed by atoms with Gasteiger partial charge in [0, 0.05) is 51.5 Å². The van der Waals surface area contributed by atoms with E-state index in [-0.39, 0.29) is 34.5 Å². The minimum atomic E-state index is -0.316. The highest BCUT2D eigenvalue weighted by molar-refractivity contribution is 6.19. The second kappa shape index (κ2) is 18.8. The lowest BCUT2D eigenvalue weighted by Crippen LogP contribution is -3.00. The molecule has 0 bridgehead atoms. The van der Waals surface area contributed by atoms with E-state index >= 15 is 0 Å². The quantitative estimate of drug-likeness (QED) is 0.0728. The summed E-state index contributed by atoms with van der Waals surface area (Å²) in [5, 5.41) is 5.42. The lowest BCUT2D eigenvalue weighted by atomic mass is 9.89. The van der Waals surface area contributed by atoms with Gasteiger partial charge in [0.2, 0.25) is 5.36 Å². The number of hydrogen-bond donors (Lipinski definition) is 2. The van der Waals surface area contributed by atoms with Crippen LogP contribution >= 0.6 is 0 Å². The summed E-state index contributed by atoms with van der Waals surface area (Å²) >= 11 is 0. The Morgan fingerprint density at radius 2 is 1.51 bits per heavy atom. The van der Waals surface area contributed by atoms with Gasteiger partial charge in [-0.25, -0.2) is 9.79 Å². The van der Waals surface area contributed by atoms with E-state index in [2.05, 4.69) is 62.3 Å². The van der Waals surface area contributed by atoms with Gasteiger partial charge in [-0.05, 0) is 95.4 Å². The van der Waals surface area contributed by atoms with Crippen LogP contribution in [-0.2, 0) is 14.3 Å². The molecule has 2 aliphatic carbocycles. The molecule has 0 saturated carbocycles. The molecule has 0 amide bonds. The van der Waals surface area contributed by atoms with Gasteiger partial charge in [-0.3, -0.25) is 9.59 Å². The normalized spacial score (nSPS) is 13.3. The van der Waals surface area contributed by atoms with Crippen molar-refractivity contribution < 1.29 is 45.5 Å². The van der Waals surface area contributed by atoms with Crippen LogP contribution < -0.4 is 32.6 Å². The van der Waals surface area contributed by atoms with Crippen molar-refractivity contribution in [3.05, 3.63) is 93.9 Å². The van der Waals surface area contributed by atoms with E-state index in [4.69, 9.17) is 9.15 Å². The molecule has 2 aromatic rings. The van der Waals surface area contributed by atoms with Gasteiger partial charge < -0.3 is 31.5 Å². The smallest absolute Gasteiger partial charge is 0.338 e. The van der Waals surface area contributed by atoms with Crippen LogP contribution in [-0.4, -0.2) is 37.2 Å². The van der Waals surface area contributed by atoms with E-state index in [9.17, 15) is 14.4 Å². The summed E-state index contributed by atoms with van der Waals surface area (Å²) in [5.74, 6) is 0.367. The Kier molecular flexibility index (Phi) is 14.6. The number of ether oxygens (including phenoxy) is 1. The predicted molar refractivity (Wildman–Crippen MR) is 200 cm³/mol. The zero-order chi connectivity index (χ0) is 35.6. The lowest BCUT2D eigenvalue weighted by Gasteiger charge is -2.19. The molecule has 1 heterocycles. The third kappa shape index (κ3) is 9.73. The molecule has 51 heavy (non-hydrogen) atoms. The maximum Gasteiger partial charge on any atom is 0.338 e. The molecule has 2 aromatic carbocycles. The number of halogens is 1. The molecule has 0 saturated heterocycles. The zero-order valence-corrected chi connectivity index (χ0v) is 32.3. The van der Waals surface area contributed by atoms with Crippen molar-refractivity contribution in [2.24, 2.45) is 0 Å². The number of benzene rings is 3. The van der Waals surface area contributed by atoms with Crippen LogP contribution in [0.4, 0.5) is 5.69 Å². The summed E-state index contributed by atoms with van der Waals surface area (Å²) in [4.78, 5) is 41.0. The highest BCUT2D eigenvalue weighted by Crippen LogP contribution is 2.43. The second-order valence-corrected chi connectivity index (χ2v) is 13.3. The standard InChI is InChI=1S/C43H50N2O5.BrH/c1-6-44-36-26-40-34(22-28(36)3)42(35-23-29(4)37(45-7-2)27-41(35)50-40)32-19-15-16-20-33(32)43(48)49-21-17-13-11-9-8-10-12-14-18-31-25-38(46)30(5)24-39(31)47;/h15-16,19-20,22-27,44H,6-14,17-18,21H2,1-5H3;1H. The molecule has 0 unspecified atom stereocenters. The number of unbranched alkanes of at least 4 members (excludes halogenated alkanes) is 7. The van der Waals surface area contributed by atoms with E-state index in [0.29, 0.717) is 29.7 Å². The monoisotopic (exact) mass is 754 g/mol. The number of aryl methyl sites for hydroxylation is 2. The minimum absolute atomic E-state index is 0. The van der Waals surface area contributed by atoms with E-state index < -0.39 is 0 Å². The Morgan fingerprint density at radius 1 is 0.804 bits per heavy atom. The van der Waals surface area contributed by atoms with Crippen molar-refractivity contribution in [1.82, 2.24) is 0 Å². The molecule has 1 aliphatic heterocycles. The van der Waals surface area contributed by atoms with Gasteiger partial charge in [0.05, 0.1) is 18.2 Å². The number of rotatable bonds is 16. The third-order valence-corrected chi connectivity index (χ3v) is 9.49. The molecule has 270 valence electrons. The Labute approximate surface area is 312 Å². The summed E-state index contributed by atoms with van der Waals surface area (Å²) in [6.07, 6.45) is 11.9. The second-order valence-electron chi connectivity index (χ2n) is 13.3. The number of carbonyl (C=O) groups excluding carboxylic acids is 3. The highest BCUT2D eigenvalue weighted by Gasteiger charge is 2.24. The molecule has 7 nitrogen and oxygen atoms in total. The Balaban J connectivity index is 0.00000583. The predicted octanol–water partition coefficient (Wildman–Crippen LogP) is 4.95. The Bertz CT molecular complexity index is 1990. The van der Waals surface area contributed by atoms with Gasteiger partial charge in [-0.2, -0.15) is 0 Å². The number of hydrogen-bond acceptors (Lipinski definition) is 6. The van der Waals surface area contributed by atoms with E-state index in [1.807, 2.05) is 24.3 Å².